The molecule has 1 unspecified atom stereocenters. The van der Waals surface area contributed by atoms with Crippen molar-refractivity contribution in [3.8, 4) is 0 Å². The lowest BCUT2D eigenvalue weighted by Gasteiger charge is -2.18. The van der Waals surface area contributed by atoms with Gasteiger partial charge in [-0.2, -0.15) is 0 Å². The molecule has 1 N–H and O–H groups in total. The summed E-state index contributed by atoms with van der Waals surface area (Å²) in [6.45, 7) is 10.6. The minimum absolute atomic E-state index is 0.149. The van der Waals surface area contributed by atoms with Gasteiger partial charge in [0.05, 0.1) is 13.5 Å². The predicted molar refractivity (Wildman–Crippen MR) is 66.5 cm³/mol. The number of nitrogens with zero attached hydrogens (tertiary/aromatic N) is 1. The number of rotatable bonds is 9. The zero-order valence-electron chi connectivity index (χ0n) is 11.1. The van der Waals surface area contributed by atoms with Gasteiger partial charge in [-0.05, 0) is 39.5 Å². The van der Waals surface area contributed by atoms with Crippen LogP contribution in [0.1, 0.15) is 33.6 Å². The first kappa shape index (κ1) is 15.4. The lowest BCUT2D eigenvalue weighted by molar-refractivity contribution is -0.141. The Morgan fingerprint density at radius 1 is 1.38 bits per heavy atom. The van der Waals surface area contributed by atoms with Crippen LogP contribution in [0.5, 0.6) is 0 Å². The van der Waals surface area contributed by atoms with Crippen LogP contribution in [0.2, 0.25) is 0 Å². The second kappa shape index (κ2) is 9.60. The first-order chi connectivity index (χ1) is 7.63. The molecule has 0 aliphatic heterocycles. The van der Waals surface area contributed by atoms with Gasteiger partial charge in [-0.3, -0.25) is 4.79 Å². The largest absolute Gasteiger partial charge is 0.469 e. The number of carbonyl (C=O) groups excluding carboxylic acids is 1. The molecule has 1 atom stereocenters. The molecule has 16 heavy (non-hydrogen) atoms. The van der Waals surface area contributed by atoms with E-state index in [0.717, 1.165) is 32.6 Å². The molecule has 0 aromatic rings. The van der Waals surface area contributed by atoms with Crippen molar-refractivity contribution in [1.29, 1.82) is 0 Å². The van der Waals surface area contributed by atoms with Crippen molar-refractivity contribution in [1.82, 2.24) is 10.2 Å². The molecule has 0 aliphatic carbocycles. The highest BCUT2D eigenvalue weighted by Crippen LogP contribution is 1.94. The van der Waals surface area contributed by atoms with E-state index < -0.39 is 0 Å². The van der Waals surface area contributed by atoms with Gasteiger partial charge in [-0.1, -0.05) is 13.8 Å². The van der Waals surface area contributed by atoms with Crippen LogP contribution in [-0.2, 0) is 9.53 Å². The van der Waals surface area contributed by atoms with E-state index in [9.17, 15) is 4.79 Å². The van der Waals surface area contributed by atoms with Crippen molar-refractivity contribution >= 4 is 5.97 Å². The van der Waals surface area contributed by atoms with Crippen LogP contribution < -0.4 is 5.32 Å². The summed E-state index contributed by atoms with van der Waals surface area (Å²) in [5.74, 6) is -0.149. The highest BCUT2D eigenvalue weighted by Gasteiger charge is 2.07. The molecular weight excluding hydrogens is 204 g/mol. The lowest BCUT2D eigenvalue weighted by atomic mass is 10.2. The van der Waals surface area contributed by atoms with Crippen molar-refractivity contribution in [2.24, 2.45) is 0 Å². The molecule has 0 heterocycles. The van der Waals surface area contributed by atoms with E-state index in [1.807, 2.05) is 6.92 Å². The normalized spacial score (nSPS) is 12.8. The summed E-state index contributed by atoms with van der Waals surface area (Å²) in [4.78, 5) is 13.4. The number of nitrogens with one attached hydrogen (secondary N) is 1. The smallest absolute Gasteiger partial charge is 0.307 e. The average molecular weight is 230 g/mol. The second-order valence-electron chi connectivity index (χ2n) is 4.02. The van der Waals surface area contributed by atoms with Crippen LogP contribution in [0.25, 0.3) is 0 Å². The molecule has 0 aromatic heterocycles. The molecule has 96 valence electrons. The number of hydrogen-bond acceptors (Lipinski definition) is 4. The van der Waals surface area contributed by atoms with Crippen molar-refractivity contribution in [2.75, 3.05) is 33.3 Å². The fourth-order valence-electron chi connectivity index (χ4n) is 1.60. The SMILES string of the molecule is CCN(CC)CCCNC(C)CC(=O)OC. The summed E-state index contributed by atoms with van der Waals surface area (Å²) < 4.78 is 4.61. The number of carbonyl (C=O) groups is 1. The molecule has 0 aliphatic rings. The van der Waals surface area contributed by atoms with Crippen LogP contribution in [-0.4, -0.2) is 50.2 Å². The number of esters is 1. The highest BCUT2D eigenvalue weighted by molar-refractivity contribution is 5.69. The monoisotopic (exact) mass is 230 g/mol. The molecule has 4 nitrogen and oxygen atoms in total. The molecule has 0 bridgehead atoms. The van der Waals surface area contributed by atoms with Gasteiger partial charge in [0.1, 0.15) is 0 Å². The number of hydrogen-bond donors (Lipinski definition) is 1. The summed E-state index contributed by atoms with van der Waals surface area (Å²) in [6.07, 6.45) is 1.56. The van der Waals surface area contributed by atoms with Crippen molar-refractivity contribution < 1.29 is 9.53 Å². The van der Waals surface area contributed by atoms with E-state index in [4.69, 9.17) is 0 Å². The second-order valence-corrected chi connectivity index (χ2v) is 4.02. The number of ether oxygens (including phenoxy) is 1. The number of methoxy groups -OCH3 is 1. The van der Waals surface area contributed by atoms with E-state index >= 15 is 0 Å². The van der Waals surface area contributed by atoms with Crippen LogP contribution >= 0.6 is 0 Å². The molecule has 0 saturated carbocycles. The Labute approximate surface area is 99.3 Å². The third kappa shape index (κ3) is 7.65. The molecule has 4 heteroatoms. The van der Waals surface area contributed by atoms with Gasteiger partial charge in [0.15, 0.2) is 0 Å². The Kier molecular flexibility index (Phi) is 9.24. The van der Waals surface area contributed by atoms with Crippen LogP contribution in [0.15, 0.2) is 0 Å². The van der Waals surface area contributed by atoms with Crippen LogP contribution in [0.4, 0.5) is 0 Å². The van der Waals surface area contributed by atoms with Crippen LogP contribution in [0.3, 0.4) is 0 Å². The van der Waals surface area contributed by atoms with Crippen molar-refractivity contribution in [3.63, 3.8) is 0 Å². The predicted octanol–water partition coefficient (Wildman–Crippen LogP) is 1.26. The molecule has 0 fully saturated rings. The maximum Gasteiger partial charge on any atom is 0.307 e. The minimum Gasteiger partial charge on any atom is -0.469 e. The summed E-state index contributed by atoms with van der Waals surface area (Å²) >= 11 is 0. The van der Waals surface area contributed by atoms with E-state index in [1.54, 1.807) is 0 Å². The Hall–Kier alpha value is -0.610. The molecular formula is C12H26N2O2. The van der Waals surface area contributed by atoms with Crippen molar-refractivity contribution in [2.45, 2.75) is 39.7 Å². The maximum atomic E-state index is 11.0. The first-order valence-electron chi connectivity index (χ1n) is 6.16. The van der Waals surface area contributed by atoms with Gasteiger partial charge < -0.3 is 15.0 Å². The Morgan fingerprint density at radius 3 is 2.50 bits per heavy atom. The molecule has 0 radical (unpaired) electrons. The van der Waals surface area contributed by atoms with E-state index in [2.05, 4.69) is 28.8 Å². The van der Waals surface area contributed by atoms with E-state index in [0.29, 0.717) is 6.42 Å². The van der Waals surface area contributed by atoms with Gasteiger partial charge >= 0.3 is 5.97 Å². The highest BCUT2D eigenvalue weighted by atomic mass is 16.5. The summed E-state index contributed by atoms with van der Waals surface area (Å²) in [5.41, 5.74) is 0. The summed E-state index contributed by atoms with van der Waals surface area (Å²) in [5, 5.41) is 3.32. The van der Waals surface area contributed by atoms with Gasteiger partial charge in [-0.15, -0.1) is 0 Å². The average Bonchev–Trinajstić information content (AvgIpc) is 2.29. The molecule has 0 spiro atoms. The van der Waals surface area contributed by atoms with Crippen molar-refractivity contribution in [3.05, 3.63) is 0 Å². The zero-order chi connectivity index (χ0) is 12.4. The molecule has 0 rings (SSSR count). The molecule has 0 saturated heterocycles. The summed E-state index contributed by atoms with van der Waals surface area (Å²) in [6, 6.07) is 0.198. The quantitative estimate of drug-likeness (QED) is 0.478. The Bertz CT molecular complexity index is 182. The van der Waals surface area contributed by atoms with Gasteiger partial charge in [0.2, 0.25) is 0 Å². The van der Waals surface area contributed by atoms with Gasteiger partial charge in [0, 0.05) is 6.04 Å². The van der Waals surface area contributed by atoms with Crippen LogP contribution in [0, 0.1) is 0 Å². The maximum absolute atomic E-state index is 11.0. The molecule has 0 amide bonds. The van der Waals surface area contributed by atoms with E-state index in [1.165, 1.54) is 7.11 Å². The van der Waals surface area contributed by atoms with Gasteiger partial charge in [-0.25, -0.2) is 0 Å². The fourth-order valence-corrected chi connectivity index (χ4v) is 1.60. The fraction of sp³-hybridized carbons (Fsp3) is 0.917. The Morgan fingerprint density at radius 2 is 2.00 bits per heavy atom. The standard InChI is InChI=1S/C12H26N2O2/c1-5-14(6-2)9-7-8-13-11(3)10-12(15)16-4/h11,13H,5-10H2,1-4H3. The summed E-state index contributed by atoms with van der Waals surface area (Å²) in [7, 11) is 1.43. The Balaban J connectivity index is 3.47. The van der Waals surface area contributed by atoms with Gasteiger partial charge in [0.25, 0.3) is 0 Å². The lowest BCUT2D eigenvalue weighted by Crippen LogP contribution is -2.32. The topological polar surface area (TPSA) is 41.6 Å². The third-order valence-electron chi connectivity index (χ3n) is 2.74. The third-order valence-corrected chi connectivity index (χ3v) is 2.74. The first-order valence-corrected chi connectivity index (χ1v) is 6.16. The molecule has 0 aromatic carbocycles. The zero-order valence-corrected chi connectivity index (χ0v) is 11.1. The minimum atomic E-state index is -0.149. The van der Waals surface area contributed by atoms with E-state index in [-0.39, 0.29) is 12.0 Å².